The fourth-order valence-electron chi connectivity index (χ4n) is 1.54. The van der Waals surface area contributed by atoms with Crippen LogP contribution in [0.5, 0.6) is 0 Å². The molecule has 7 heteroatoms. The fourth-order valence-corrected chi connectivity index (χ4v) is 1.54. The molecule has 108 valence electrons. The van der Waals surface area contributed by atoms with Gasteiger partial charge >= 0.3 is 6.18 Å². The number of nitrogens with one attached hydrogen (secondary N) is 1. The standard InChI is InChI=1S/C12H14F5NO/c1-2-18-11(6-19-7-12(15,16)17)8-3-4-9(13)10(14)5-8/h3-5,11,18H,2,6-7H2,1H3. The highest BCUT2D eigenvalue weighted by Crippen LogP contribution is 2.19. The quantitative estimate of drug-likeness (QED) is 0.810. The van der Waals surface area contributed by atoms with Gasteiger partial charge in [0.25, 0.3) is 0 Å². The molecule has 1 unspecified atom stereocenters. The van der Waals surface area contributed by atoms with Crippen molar-refractivity contribution in [2.24, 2.45) is 0 Å². The summed E-state index contributed by atoms with van der Waals surface area (Å²) in [4.78, 5) is 0. The van der Waals surface area contributed by atoms with Crippen LogP contribution in [0.1, 0.15) is 18.5 Å². The molecule has 0 amide bonds. The molecule has 2 nitrogen and oxygen atoms in total. The Balaban J connectivity index is 2.68. The highest BCUT2D eigenvalue weighted by molar-refractivity contribution is 5.21. The number of rotatable bonds is 6. The summed E-state index contributed by atoms with van der Waals surface area (Å²) in [6, 6.07) is 2.56. The van der Waals surface area contributed by atoms with Crippen molar-refractivity contribution in [2.45, 2.75) is 19.1 Å². The first-order chi connectivity index (χ1) is 8.83. The zero-order valence-electron chi connectivity index (χ0n) is 10.2. The Hall–Kier alpha value is -1.21. The van der Waals surface area contributed by atoms with Gasteiger partial charge in [-0.1, -0.05) is 13.0 Å². The molecular weight excluding hydrogens is 269 g/mol. The van der Waals surface area contributed by atoms with Gasteiger partial charge in [-0.2, -0.15) is 13.2 Å². The third kappa shape index (κ3) is 5.52. The van der Waals surface area contributed by atoms with Gasteiger partial charge in [-0.3, -0.25) is 0 Å². The van der Waals surface area contributed by atoms with Crippen molar-refractivity contribution >= 4 is 0 Å². The summed E-state index contributed by atoms with van der Waals surface area (Å²) in [6.07, 6.45) is -4.41. The Bertz CT molecular complexity index is 408. The molecule has 0 saturated heterocycles. The van der Waals surface area contributed by atoms with E-state index in [2.05, 4.69) is 10.1 Å². The van der Waals surface area contributed by atoms with Gasteiger partial charge in [-0.25, -0.2) is 8.78 Å². The largest absolute Gasteiger partial charge is 0.411 e. The topological polar surface area (TPSA) is 21.3 Å². The average Bonchev–Trinajstić information content (AvgIpc) is 2.30. The van der Waals surface area contributed by atoms with Crippen LogP contribution in [0, 0.1) is 11.6 Å². The van der Waals surface area contributed by atoms with E-state index in [-0.39, 0.29) is 6.61 Å². The van der Waals surface area contributed by atoms with E-state index >= 15 is 0 Å². The third-order valence-corrected chi connectivity index (χ3v) is 2.35. The van der Waals surface area contributed by atoms with Crippen LogP contribution in [-0.4, -0.2) is 25.9 Å². The van der Waals surface area contributed by atoms with Gasteiger partial charge in [-0.05, 0) is 24.2 Å². The van der Waals surface area contributed by atoms with Gasteiger partial charge in [0.1, 0.15) is 6.61 Å². The summed E-state index contributed by atoms with van der Waals surface area (Å²) in [7, 11) is 0. The Morgan fingerprint density at radius 2 is 1.89 bits per heavy atom. The monoisotopic (exact) mass is 283 g/mol. The van der Waals surface area contributed by atoms with Crippen LogP contribution >= 0.6 is 0 Å². The Labute approximate surface area is 107 Å². The van der Waals surface area contributed by atoms with Crippen LogP contribution in [0.15, 0.2) is 18.2 Å². The van der Waals surface area contributed by atoms with Gasteiger partial charge in [0.2, 0.25) is 0 Å². The van der Waals surface area contributed by atoms with E-state index in [1.54, 1.807) is 6.92 Å². The normalized spacial score (nSPS) is 13.6. The minimum absolute atomic E-state index is 0.279. The van der Waals surface area contributed by atoms with Gasteiger partial charge < -0.3 is 10.1 Å². The van der Waals surface area contributed by atoms with Crippen LogP contribution in [0.4, 0.5) is 22.0 Å². The van der Waals surface area contributed by atoms with E-state index in [1.807, 2.05) is 0 Å². The minimum Gasteiger partial charge on any atom is -0.370 e. The molecule has 0 aliphatic rings. The molecule has 1 rings (SSSR count). The predicted molar refractivity (Wildman–Crippen MR) is 59.6 cm³/mol. The summed E-state index contributed by atoms with van der Waals surface area (Å²) in [5.74, 6) is -2.05. The third-order valence-electron chi connectivity index (χ3n) is 2.35. The van der Waals surface area contributed by atoms with E-state index in [0.717, 1.165) is 12.1 Å². The molecule has 0 saturated carbocycles. The van der Waals surface area contributed by atoms with Crippen LogP contribution < -0.4 is 5.32 Å². The molecular formula is C12H14F5NO. The molecule has 0 aromatic heterocycles. The lowest BCUT2D eigenvalue weighted by Gasteiger charge is -2.19. The molecule has 0 aliphatic heterocycles. The predicted octanol–water partition coefficient (Wildman–Crippen LogP) is 3.19. The first-order valence-corrected chi connectivity index (χ1v) is 5.66. The number of likely N-dealkylation sites (N-methyl/N-ethyl adjacent to an activating group) is 1. The number of ether oxygens (including phenoxy) is 1. The van der Waals surface area contributed by atoms with Crippen molar-refractivity contribution in [3.8, 4) is 0 Å². The van der Waals surface area contributed by atoms with Crippen LogP contribution in [0.3, 0.4) is 0 Å². The van der Waals surface area contributed by atoms with Crippen LogP contribution in [-0.2, 0) is 4.74 Å². The first-order valence-electron chi connectivity index (χ1n) is 5.66. The van der Waals surface area contributed by atoms with Crippen molar-refractivity contribution < 1.29 is 26.7 Å². The molecule has 0 heterocycles. The SMILES string of the molecule is CCNC(COCC(F)(F)F)c1ccc(F)c(F)c1. The van der Waals surface area contributed by atoms with E-state index in [4.69, 9.17) is 0 Å². The summed E-state index contributed by atoms with van der Waals surface area (Å²) in [5.41, 5.74) is 0.336. The maximum atomic E-state index is 13.1. The fraction of sp³-hybridized carbons (Fsp3) is 0.500. The second-order valence-corrected chi connectivity index (χ2v) is 3.91. The molecule has 0 spiro atoms. The highest BCUT2D eigenvalue weighted by Gasteiger charge is 2.28. The van der Waals surface area contributed by atoms with Gasteiger partial charge in [0.15, 0.2) is 11.6 Å². The molecule has 19 heavy (non-hydrogen) atoms. The van der Waals surface area contributed by atoms with E-state index in [0.29, 0.717) is 12.1 Å². The van der Waals surface area contributed by atoms with Crippen LogP contribution in [0.25, 0.3) is 0 Å². The number of alkyl halides is 3. The maximum Gasteiger partial charge on any atom is 0.411 e. The number of hydrogen-bond acceptors (Lipinski definition) is 2. The molecule has 1 atom stereocenters. The molecule has 0 bridgehead atoms. The molecule has 1 aromatic carbocycles. The van der Waals surface area contributed by atoms with Crippen molar-refractivity contribution in [1.82, 2.24) is 5.32 Å². The molecule has 0 fully saturated rings. The van der Waals surface area contributed by atoms with Crippen molar-refractivity contribution in [2.75, 3.05) is 19.8 Å². The summed E-state index contributed by atoms with van der Waals surface area (Å²) >= 11 is 0. The summed E-state index contributed by atoms with van der Waals surface area (Å²) < 4.78 is 66.3. The Morgan fingerprint density at radius 3 is 2.42 bits per heavy atom. The second kappa shape index (κ2) is 6.81. The summed E-state index contributed by atoms with van der Waals surface area (Å²) in [5, 5.41) is 2.85. The number of hydrogen-bond donors (Lipinski definition) is 1. The van der Waals surface area contributed by atoms with Crippen molar-refractivity contribution in [3.05, 3.63) is 35.4 Å². The maximum absolute atomic E-state index is 13.1. The van der Waals surface area contributed by atoms with Gasteiger partial charge in [-0.15, -0.1) is 0 Å². The first kappa shape index (κ1) is 15.8. The Kier molecular flexibility index (Phi) is 5.68. The van der Waals surface area contributed by atoms with Crippen molar-refractivity contribution in [3.63, 3.8) is 0 Å². The molecule has 0 aliphatic carbocycles. The zero-order valence-corrected chi connectivity index (χ0v) is 10.2. The molecule has 0 radical (unpaired) electrons. The molecule has 1 aromatic rings. The summed E-state index contributed by atoms with van der Waals surface area (Å²) in [6.45, 7) is 0.548. The smallest absolute Gasteiger partial charge is 0.370 e. The molecule has 1 N–H and O–H groups in total. The van der Waals surface area contributed by atoms with E-state index in [1.165, 1.54) is 6.07 Å². The van der Waals surface area contributed by atoms with Gasteiger partial charge in [0.05, 0.1) is 12.6 Å². The van der Waals surface area contributed by atoms with Gasteiger partial charge in [0, 0.05) is 0 Å². The number of halogens is 5. The number of benzene rings is 1. The zero-order chi connectivity index (χ0) is 14.5. The lowest BCUT2D eigenvalue weighted by molar-refractivity contribution is -0.175. The minimum atomic E-state index is -4.41. The van der Waals surface area contributed by atoms with E-state index < -0.39 is 30.5 Å². The van der Waals surface area contributed by atoms with Crippen LogP contribution in [0.2, 0.25) is 0 Å². The van der Waals surface area contributed by atoms with E-state index in [9.17, 15) is 22.0 Å². The van der Waals surface area contributed by atoms with Crippen molar-refractivity contribution in [1.29, 1.82) is 0 Å². The average molecular weight is 283 g/mol. The second-order valence-electron chi connectivity index (χ2n) is 3.91. The lowest BCUT2D eigenvalue weighted by Crippen LogP contribution is -2.28. The highest BCUT2D eigenvalue weighted by atomic mass is 19.4. The Morgan fingerprint density at radius 1 is 1.21 bits per heavy atom. The lowest BCUT2D eigenvalue weighted by atomic mass is 10.1.